The van der Waals surface area contributed by atoms with E-state index in [0.717, 1.165) is 19.5 Å². The Bertz CT molecular complexity index is 223. The van der Waals surface area contributed by atoms with Crippen LogP contribution in [0.1, 0.15) is 34.1 Å². The van der Waals surface area contributed by atoms with Crippen molar-refractivity contribution in [3.05, 3.63) is 0 Å². The Morgan fingerprint density at radius 1 is 1.47 bits per heavy atom. The summed E-state index contributed by atoms with van der Waals surface area (Å²) in [6, 6.07) is 0. The zero-order chi connectivity index (χ0) is 11.5. The van der Waals surface area contributed by atoms with Crippen molar-refractivity contribution in [2.75, 3.05) is 13.1 Å². The highest BCUT2D eigenvalue weighted by Gasteiger charge is 2.29. The second kappa shape index (κ2) is 4.84. The third kappa shape index (κ3) is 4.08. The lowest BCUT2D eigenvalue weighted by molar-refractivity contribution is 0.0776. The van der Waals surface area contributed by atoms with Crippen LogP contribution in [0.5, 0.6) is 0 Å². The standard InChI is InChI=1S/C11H22N2O2/c1-5-8-6-12-7-9(8)15-10(14)13-11(2,3)4/h8-9,12H,5-7H2,1-4H3,(H,13,14). The molecular weight excluding hydrogens is 192 g/mol. The van der Waals surface area contributed by atoms with Crippen LogP contribution in [0.25, 0.3) is 0 Å². The maximum atomic E-state index is 11.5. The molecule has 4 heteroatoms. The molecule has 1 heterocycles. The number of amides is 1. The highest BCUT2D eigenvalue weighted by molar-refractivity contribution is 5.68. The van der Waals surface area contributed by atoms with Crippen LogP contribution in [0.2, 0.25) is 0 Å². The van der Waals surface area contributed by atoms with Gasteiger partial charge in [0.25, 0.3) is 0 Å². The lowest BCUT2D eigenvalue weighted by atomic mass is 10.0. The van der Waals surface area contributed by atoms with E-state index in [9.17, 15) is 4.79 Å². The van der Waals surface area contributed by atoms with Crippen molar-refractivity contribution in [3.8, 4) is 0 Å². The first-order valence-electron chi connectivity index (χ1n) is 5.62. The molecule has 0 aromatic rings. The summed E-state index contributed by atoms with van der Waals surface area (Å²) in [5.74, 6) is 0.454. The number of alkyl carbamates (subject to hydrolysis) is 1. The van der Waals surface area contributed by atoms with Gasteiger partial charge in [0.05, 0.1) is 0 Å². The molecule has 0 aliphatic carbocycles. The highest BCUT2D eigenvalue weighted by Crippen LogP contribution is 2.16. The molecule has 88 valence electrons. The predicted octanol–water partition coefficient (Wildman–Crippen LogP) is 1.51. The molecule has 1 fully saturated rings. The summed E-state index contributed by atoms with van der Waals surface area (Å²) >= 11 is 0. The molecule has 1 saturated heterocycles. The van der Waals surface area contributed by atoms with E-state index in [-0.39, 0.29) is 17.7 Å². The molecule has 2 unspecified atom stereocenters. The third-order valence-electron chi connectivity index (χ3n) is 2.54. The number of hydrogen-bond acceptors (Lipinski definition) is 3. The van der Waals surface area contributed by atoms with E-state index in [0.29, 0.717) is 5.92 Å². The largest absolute Gasteiger partial charge is 0.445 e. The molecule has 15 heavy (non-hydrogen) atoms. The van der Waals surface area contributed by atoms with E-state index in [1.165, 1.54) is 0 Å². The molecule has 1 aliphatic heterocycles. The Balaban J connectivity index is 2.37. The van der Waals surface area contributed by atoms with E-state index in [2.05, 4.69) is 17.6 Å². The second-order valence-electron chi connectivity index (χ2n) is 5.15. The van der Waals surface area contributed by atoms with Gasteiger partial charge in [-0.1, -0.05) is 6.92 Å². The minimum Gasteiger partial charge on any atom is -0.445 e. The zero-order valence-electron chi connectivity index (χ0n) is 10.1. The van der Waals surface area contributed by atoms with Crippen LogP contribution in [0, 0.1) is 5.92 Å². The van der Waals surface area contributed by atoms with Crippen LogP contribution in [-0.2, 0) is 4.74 Å². The van der Waals surface area contributed by atoms with Crippen LogP contribution in [-0.4, -0.2) is 30.8 Å². The molecule has 0 aromatic heterocycles. The SMILES string of the molecule is CCC1CNCC1OC(=O)NC(C)(C)C. The fraction of sp³-hybridized carbons (Fsp3) is 0.909. The second-order valence-corrected chi connectivity index (χ2v) is 5.15. The summed E-state index contributed by atoms with van der Waals surface area (Å²) in [4.78, 5) is 11.5. The molecule has 2 atom stereocenters. The van der Waals surface area contributed by atoms with Gasteiger partial charge in [0.15, 0.2) is 0 Å². The van der Waals surface area contributed by atoms with Crippen molar-refractivity contribution < 1.29 is 9.53 Å². The molecule has 4 nitrogen and oxygen atoms in total. The molecule has 1 amide bonds. The summed E-state index contributed by atoms with van der Waals surface area (Å²) in [5.41, 5.74) is -0.231. The monoisotopic (exact) mass is 214 g/mol. The number of ether oxygens (including phenoxy) is 1. The van der Waals surface area contributed by atoms with Gasteiger partial charge < -0.3 is 15.4 Å². The van der Waals surface area contributed by atoms with Gasteiger partial charge in [0.2, 0.25) is 0 Å². The molecule has 0 spiro atoms. The van der Waals surface area contributed by atoms with Gasteiger partial charge in [-0.3, -0.25) is 0 Å². The Morgan fingerprint density at radius 2 is 2.13 bits per heavy atom. The molecule has 0 aromatic carbocycles. The molecule has 0 bridgehead atoms. The lowest BCUT2D eigenvalue weighted by Crippen LogP contribution is -2.43. The number of carbonyl (C=O) groups is 1. The van der Waals surface area contributed by atoms with E-state index in [1.807, 2.05) is 20.8 Å². The van der Waals surface area contributed by atoms with Crippen molar-refractivity contribution in [1.29, 1.82) is 0 Å². The first-order valence-corrected chi connectivity index (χ1v) is 5.62. The van der Waals surface area contributed by atoms with E-state index < -0.39 is 0 Å². The van der Waals surface area contributed by atoms with Crippen LogP contribution in [0.3, 0.4) is 0 Å². The first-order chi connectivity index (χ1) is 6.92. The first kappa shape index (κ1) is 12.3. The summed E-state index contributed by atoms with van der Waals surface area (Å²) in [5, 5.41) is 6.04. The van der Waals surface area contributed by atoms with Crippen LogP contribution >= 0.6 is 0 Å². The Hall–Kier alpha value is -0.770. The number of rotatable bonds is 2. The fourth-order valence-electron chi connectivity index (χ4n) is 1.73. The van der Waals surface area contributed by atoms with Gasteiger partial charge in [-0.05, 0) is 27.2 Å². The van der Waals surface area contributed by atoms with E-state index in [4.69, 9.17) is 4.74 Å². The Labute approximate surface area is 91.8 Å². The molecule has 1 rings (SSSR count). The molecule has 0 saturated carbocycles. The van der Waals surface area contributed by atoms with Gasteiger partial charge in [-0.25, -0.2) is 4.79 Å². The number of hydrogen-bond donors (Lipinski definition) is 2. The fourth-order valence-corrected chi connectivity index (χ4v) is 1.73. The molecular formula is C11H22N2O2. The van der Waals surface area contributed by atoms with Crippen molar-refractivity contribution in [2.24, 2.45) is 5.92 Å². The van der Waals surface area contributed by atoms with Crippen molar-refractivity contribution in [2.45, 2.75) is 45.8 Å². The summed E-state index contributed by atoms with van der Waals surface area (Å²) in [6.07, 6.45) is 0.757. The molecule has 2 N–H and O–H groups in total. The summed E-state index contributed by atoms with van der Waals surface area (Å²) in [7, 11) is 0. The molecule has 0 radical (unpaired) electrons. The Morgan fingerprint density at radius 3 is 2.67 bits per heavy atom. The van der Waals surface area contributed by atoms with Gasteiger partial charge >= 0.3 is 6.09 Å². The third-order valence-corrected chi connectivity index (χ3v) is 2.54. The number of nitrogens with one attached hydrogen (secondary N) is 2. The smallest absolute Gasteiger partial charge is 0.407 e. The zero-order valence-corrected chi connectivity index (χ0v) is 10.1. The van der Waals surface area contributed by atoms with Crippen molar-refractivity contribution >= 4 is 6.09 Å². The van der Waals surface area contributed by atoms with Gasteiger partial charge in [0.1, 0.15) is 6.10 Å². The van der Waals surface area contributed by atoms with Gasteiger partial charge in [0, 0.05) is 24.5 Å². The minimum atomic E-state index is -0.311. The van der Waals surface area contributed by atoms with Crippen LogP contribution in [0.4, 0.5) is 4.79 Å². The number of carbonyl (C=O) groups excluding carboxylic acids is 1. The van der Waals surface area contributed by atoms with E-state index in [1.54, 1.807) is 0 Å². The minimum absolute atomic E-state index is 0.0253. The van der Waals surface area contributed by atoms with Crippen molar-refractivity contribution in [3.63, 3.8) is 0 Å². The normalized spacial score (nSPS) is 26.4. The maximum absolute atomic E-state index is 11.5. The average Bonchev–Trinajstić information content (AvgIpc) is 2.48. The highest BCUT2D eigenvalue weighted by atomic mass is 16.6. The average molecular weight is 214 g/mol. The van der Waals surface area contributed by atoms with Gasteiger partial charge in [-0.15, -0.1) is 0 Å². The Kier molecular flexibility index (Phi) is 3.97. The predicted molar refractivity (Wildman–Crippen MR) is 59.8 cm³/mol. The van der Waals surface area contributed by atoms with E-state index >= 15 is 0 Å². The van der Waals surface area contributed by atoms with Gasteiger partial charge in [-0.2, -0.15) is 0 Å². The van der Waals surface area contributed by atoms with Crippen molar-refractivity contribution in [1.82, 2.24) is 10.6 Å². The maximum Gasteiger partial charge on any atom is 0.407 e. The summed E-state index contributed by atoms with van der Waals surface area (Å²) in [6.45, 7) is 9.67. The van der Waals surface area contributed by atoms with Crippen LogP contribution in [0.15, 0.2) is 0 Å². The summed E-state index contributed by atoms with van der Waals surface area (Å²) < 4.78 is 5.38. The topological polar surface area (TPSA) is 50.4 Å². The van der Waals surface area contributed by atoms with Crippen LogP contribution < -0.4 is 10.6 Å². The quantitative estimate of drug-likeness (QED) is 0.732. The lowest BCUT2D eigenvalue weighted by Gasteiger charge is -2.23. The molecule has 1 aliphatic rings.